The summed E-state index contributed by atoms with van der Waals surface area (Å²) in [7, 11) is 1.74. The van der Waals surface area contributed by atoms with Gasteiger partial charge in [0.25, 0.3) is 5.91 Å². The van der Waals surface area contributed by atoms with Gasteiger partial charge in [0.1, 0.15) is 0 Å². The van der Waals surface area contributed by atoms with Crippen LogP contribution in [-0.4, -0.2) is 90.4 Å². The highest BCUT2D eigenvalue weighted by atomic mass is 16.5. The Hall–Kier alpha value is -1.77. The smallest absolute Gasteiger partial charge is 0.257 e. The van der Waals surface area contributed by atoms with Gasteiger partial charge < -0.3 is 20.1 Å². The lowest BCUT2D eigenvalue weighted by molar-refractivity contribution is 0.0264. The molecule has 1 amide bonds. The Labute approximate surface area is 141 Å². The van der Waals surface area contributed by atoms with Crippen LogP contribution in [0.15, 0.2) is 12.4 Å². The van der Waals surface area contributed by atoms with E-state index in [0.29, 0.717) is 24.6 Å². The molecule has 0 aromatic carbocycles. The average molecular weight is 335 g/mol. The zero-order valence-corrected chi connectivity index (χ0v) is 14.0. The lowest BCUT2D eigenvalue weighted by Gasteiger charge is -2.30. The molecule has 2 aliphatic rings. The summed E-state index contributed by atoms with van der Waals surface area (Å²) in [6.45, 7) is 5.60. The summed E-state index contributed by atoms with van der Waals surface area (Å²) in [6.07, 6.45) is 3.09. The zero-order chi connectivity index (χ0) is 16.9. The fraction of sp³-hybridized carbons (Fsp3) is 0.688. The molecule has 3 rings (SSSR count). The van der Waals surface area contributed by atoms with Gasteiger partial charge in [0, 0.05) is 64.7 Å². The molecule has 0 radical (unpaired) electrons. The molecule has 132 valence electrons. The summed E-state index contributed by atoms with van der Waals surface area (Å²) >= 11 is 0. The molecule has 2 aliphatic heterocycles. The first kappa shape index (κ1) is 17.1. The molecule has 2 atom stereocenters. The third kappa shape index (κ3) is 3.82. The summed E-state index contributed by atoms with van der Waals surface area (Å²) < 4.78 is 5.38. The Bertz CT molecular complexity index is 547. The quantitative estimate of drug-likeness (QED) is 0.752. The molecule has 1 aromatic rings. The number of likely N-dealkylation sites (tertiary alicyclic amines) is 1. The second-order valence-electron chi connectivity index (χ2n) is 6.37. The molecule has 0 bridgehead atoms. The number of aromatic nitrogens is 2. The molecular formula is C16H25N5O3. The fourth-order valence-corrected chi connectivity index (χ4v) is 3.38. The number of morpholine rings is 1. The second-order valence-corrected chi connectivity index (χ2v) is 6.37. The van der Waals surface area contributed by atoms with Crippen molar-refractivity contribution in [3.05, 3.63) is 18.0 Å². The summed E-state index contributed by atoms with van der Waals surface area (Å²) in [5.74, 6) is 0.829. The minimum Gasteiger partial charge on any atom is -0.396 e. The number of rotatable bonds is 5. The summed E-state index contributed by atoms with van der Waals surface area (Å²) in [5.41, 5.74) is 0.484. The summed E-state index contributed by atoms with van der Waals surface area (Å²) in [6, 6.07) is 0. The number of amides is 1. The maximum absolute atomic E-state index is 12.7. The van der Waals surface area contributed by atoms with E-state index in [2.05, 4.69) is 20.2 Å². The van der Waals surface area contributed by atoms with Gasteiger partial charge in [0.2, 0.25) is 5.95 Å². The molecule has 0 saturated carbocycles. The monoisotopic (exact) mass is 335 g/mol. The number of ether oxygens (including phenoxy) is 1. The molecule has 1 aromatic heterocycles. The van der Waals surface area contributed by atoms with Crippen molar-refractivity contribution in [1.29, 1.82) is 0 Å². The molecule has 2 N–H and O–H groups in total. The number of aliphatic hydroxyl groups is 1. The van der Waals surface area contributed by atoms with Gasteiger partial charge >= 0.3 is 0 Å². The van der Waals surface area contributed by atoms with Crippen LogP contribution in [0.25, 0.3) is 0 Å². The molecule has 2 fully saturated rings. The number of carbonyl (C=O) groups is 1. The zero-order valence-electron chi connectivity index (χ0n) is 14.0. The molecule has 0 spiro atoms. The van der Waals surface area contributed by atoms with Crippen LogP contribution >= 0.6 is 0 Å². The number of nitrogens with zero attached hydrogens (tertiary/aromatic N) is 4. The molecule has 8 nitrogen and oxygen atoms in total. The van der Waals surface area contributed by atoms with Crippen molar-refractivity contribution in [2.24, 2.45) is 11.8 Å². The molecule has 0 aliphatic carbocycles. The Morgan fingerprint density at radius 2 is 1.96 bits per heavy atom. The molecule has 8 heteroatoms. The highest BCUT2D eigenvalue weighted by Gasteiger charge is 2.36. The van der Waals surface area contributed by atoms with Crippen molar-refractivity contribution in [2.45, 2.75) is 0 Å². The van der Waals surface area contributed by atoms with E-state index in [4.69, 9.17) is 4.74 Å². The predicted molar refractivity (Wildman–Crippen MR) is 88.8 cm³/mol. The van der Waals surface area contributed by atoms with Crippen molar-refractivity contribution in [2.75, 3.05) is 64.9 Å². The minimum atomic E-state index is -0.0689. The van der Waals surface area contributed by atoms with Crippen molar-refractivity contribution in [3.63, 3.8) is 0 Å². The lowest BCUT2D eigenvalue weighted by atomic mass is 9.96. The van der Waals surface area contributed by atoms with E-state index >= 15 is 0 Å². The standard InChI is InChI=1S/C16H25N5O3/c1-17-16-18-6-12(7-19-16)15(23)21-9-13(14(10-21)11-22)8-20-2-4-24-5-3-20/h6-7,13-14,22H,2-5,8-11H2,1H3,(H,17,18,19)/t13-,14-/m1/s1. The predicted octanol–water partition coefficient (Wildman–Crippen LogP) is -0.469. The summed E-state index contributed by atoms with van der Waals surface area (Å²) in [4.78, 5) is 25.0. The number of carbonyl (C=O) groups excluding carboxylic acids is 1. The van der Waals surface area contributed by atoms with Crippen molar-refractivity contribution < 1.29 is 14.6 Å². The van der Waals surface area contributed by atoms with Gasteiger partial charge in [-0.25, -0.2) is 9.97 Å². The van der Waals surface area contributed by atoms with Gasteiger partial charge in [-0.3, -0.25) is 9.69 Å². The van der Waals surface area contributed by atoms with E-state index in [1.54, 1.807) is 19.4 Å². The average Bonchev–Trinajstić information content (AvgIpc) is 3.05. The largest absolute Gasteiger partial charge is 0.396 e. The maximum atomic E-state index is 12.7. The Balaban J connectivity index is 1.62. The van der Waals surface area contributed by atoms with Crippen LogP contribution in [0.5, 0.6) is 0 Å². The normalized spacial score (nSPS) is 25.0. The van der Waals surface area contributed by atoms with Gasteiger partial charge in [-0.2, -0.15) is 0 Å². The Morgan fingerprint density at radius 3 is 2.58 bits per heavy atom. The first-order valence-electron chi connectivity index (χ1n) is 8.41. The van der Waals surface area contributed by atoms with E-state index in [9.17, 15) is 9.90 Å². The highest BCUT2D eigenvalue weighted by molar-refractivity contribution is 5.93. The number of anilines is 1. The molecule has 2 saturated heterocycles. The molecular weight excluding hydrogens is 310 g/mol. The highest BCUT2D eigenvalue weighted by Crippen LogP contribution is 2.25. The van der Waals surface area contributed by atoms with E-state index in [1.165, 1.54) is 0 Å². The maximum Gasteiger partial charge on any atom is 0.257 e. The number of aliphatic hydroxyl groups excluding tert-OH is 1. The summed E-state index contributed by atoms with van der Waals surface area (Å²) in [5, 5.41) is 12.5. The van der Waals surface area contributed by atoms with Gasteiger partial charge in [-0.1, -0.05) is 0 Å². The van der Waals surface area contributed by atoms with Crippen molar-refractivity contribution in [3.8, 4) is 0 Å². The van der Waals surface area contributed by atoms with Gasteiger partial charge in [0.15, 0.2) is 0 Å². The molecule has 24 heavy (non-hydrogen) atoms. The van der Waals surface area contributed by atoms with Gasteiger partial charge in [0.05, 0.1) is 18.8 Å². The third-order valence-electron chi connectivity index (χ3n) is 4.82. The van der Waals surface area contributed by atoms with Crippen LogP contribution in [0.3, 0.4) is 0 Å². The van der Waals surface area contributed by atoms with Crippen LogP contribution in [0, 0.1) is 11.8 Å². The Morgan fingerprint density at radius 1 is 1.29 bits per heavy atom. The molecule has 3 heterocycles. The van der Waals surface area contributed by atoms with Gasteiger partial charge in [-0.05, 0) is 5.92 Å². The van der Waals surface area contributed by atoms with E-state index < -0.39 is 0 Å². The van der Waals surface area contributed by atoms with Gasteiger partial charge in [-0.15, -0.1) is 0 Å². The van der Waals surface area contributed by atoms with Crippen LogP contribution in [0.4, 0.5) is 5.95 Å². The lowest BCUT2D eigenvalue weighted by Crippen LogP contribution is -2.41. The number of nitrogens with one attached hydrogen (secondary N) is 1. The van der Waals surface area contributed by atoms with Crippen molar-refractivity contribution in [1.82, 2.24) is 19.8 Å². The fourth-order valence-electron chi connectivity index (χ4n) is 3.38. The van der Waals surface area contributed by atoms with Crippen LogP contribution in [-0.2, 0) is 4.74 Å². The topological polar surface area (TPSA) is 90.8 Å². The Kier molecular flexibility index (Phi) is 5.60. The van der Waals surface area contributed by atoms with E-state index in [0.717, 1.165) is 32.8 Å². The van der Waals surface area contributed by atoms with Crippen LogP contribution < -0.4 is 5.32 Å². The second kappa shape index (κ2) is 7.87. The number of hydrogen-bond donors (Lipinski definition) is 2. The minimum absolute atomic E-state index is 0.0689. The SMILES string of the molecule is CNc1ncc(C(=O)N2C[C@@H](CN3CCOCC3)[C@@H](CO)C2)cn1. The third-order valence-corrected chi connectivity index (χ3v) is 4.82. The van der Waals surface area contributed by atoms with Crippen LogP contribution in [0.2, 0.25) is 0 Å². The van der Waals surface area contributed by atoms with E-state index in [-0.39, 0.29) is 24.3 Å². The van der Waals surface area contributed by atoms with E-state index in [1.807, 2.05) is 4.90 Å². The number of hydrogen-bond acceptors (Lipinski definition) is 7. The van der Waals surface area contributed by atoms with Crippen LogP contribution in [0.1, 0.15) is 10.4 Å². The first-order valence-corrected chi connectivity index (χ1v) is 8.41. The molecule has 0 unspecified atom stereocenters. The first-order chi connectivity index (χ1) is 11.7. The van der Waals surface area contributed by atoms with Crippen molar-refractivity contribution >= 4 is 11.9 Å².